The van der Waals surface area contributed by atoms with Gasteiger partial charge in [-0.2, -0.15) is 20.8 Å². The smallest absolute Gasteiger partial charge is 0.411 e. The molecule has 0 aliphatic heterocycles. The Balaban J connectivity index is 0.000000305. The Kier molecular flexibility index (Phi) is 15.2. The largest absolute Gasteiger partial charge is 0.450 e. The van der Waals surface area contributed by atoms with Crippen molar-refractivity contribution in [2.24, 2.45) is 4.99 Å². The summed E-state index contributed by atoms with van der Waals surface area (Å²) in [5, 5.41) is 27.1. The second-order valence-corrected chi connectivity index (χ2v) is 6.88. The first-order valence-corrected chi connectivity index (χ1v) is 11.2. The van der Waals surface area contributed by atoms with Crippen molar-refractivity contribution in [3.05, 3.63) is 89.5 Å². The van der Waals surface area contributed by atoms with Gasteiger partial charge < -0.3 is 10.5 Å². The van der Waals surface area contributed by atoms with E-state index in [1.54, 1.807) is 97.9 Å². The quantitative estimate of drug-likeness (QED) is 0.215. The normalized spacial score (nSPS) is 7.75. The first-order valence-electron chi connectivity index (χ1n) is 11.2. The van der Waals surface area contributed by atoms with Gasteiger partial charge >= 0.3 is 6.09 Å². The Bertz CT molecular complexity index is 1630. The van der Waals surface area contributed by atoms with Crippen molar-refractivity contribution in [1.82, 2.24) is 0 Å². The number of carbonyl (C=O) groups excluding carboxylic acids is 2. The third kappa shape index (κ3) is 14.0. The molecule has 9 nitrogen and oxygen atoms in total. The minimum atomic E-state index is -0.488. The number of rotatable bonds is 3. The molecule has 0 atom stereocenters. The molecule has 0 radical (unpaired) electrons. The van der Waals surface area contributed by atoms with E-state index in [9.17, 15) is 9.59 Å². The van der Waals surface area contributed by atoms with Crippen molar-refractivity contribution >= 4 is 29.2 Å². The Morgan fingerprint density at radius 3 is 1.60 bits per heavy atom. The SMILES string of the molecule is CCOC(=O)Nc1ccc(C#CC#N)cc1.N#CC#Cc1ccc(N)cc1.N#CC#Cc1ccc(N=C=O)cc1. The molecule has 0 spiro atoms. The first kappa shape index (κ1) is 31.3. The fourth-order valence-electron chi connectivity index (χ4n) is 2.46. The van der Waals surface area contributed by atoms with Gasteiger partial charge in [0.05, 0.1) is 12.3 Å². The van der Waals surface area contributed by atoms with Crippen LogP contribution in [0.1, 0.15) is 23.6 Å². The van der Waals surface area contributed by atoms with Crippen LogP contribution in [0.3, 0.4) is 0 Å². The Morgan fingerprint density at radius 2 is 1.20 bits per heavy atom. The van der Waals surface area contributed by atoms with Gasteiger partial charge in [0.2, 0.25) is 6.08 Å². The summed E-state index contributed by atoms with van der Waals surface area (Å²) in [6, 6.07) is 25.7. The third-order valence-electron chi connectivity index (χ3n) is 4.15. The van der Waals surface area contributed by atoms with Gasteiger partial charge in [-0.05, 0) is 79.7 Å². The molecule has 0 aromatic heterocycles. The van der Waals surface area contributed by atoms with Crippen LogP contribution in [0.4, 0.5) is 21.9 Å². The molecule has 0 saturated heterocycles. The van der Waals surface area contributed by atoms with Crippen LogP contribution in [0, 0.1) is 69.5 Å². The van der Waals surface area contributed by atoms with E-state index in [0.29, 0.717) is 29.2 Å². The van der Waals surface area contributed by atoms with Crippen LogP contribution in [0.15, 0.2) is 77.8 Å². The molecule has 3 N–H and O–H groups in total. The number of isocyanates is 1. The standard InChI is InChI=1S/C12H10N2O2.C10H4N2O.C9H6N2/c1-2-16-12(15)14-11-7-5-10(6-8-11)4-3-9-13;11-7-1-2-9-3-5-10(6-4-9)12-8-13;10-7-1-2-8-3-5-9(11)6-4-8/h5-8H,2H2,1H3,(H,14,15);3-6H;3-6H,11H2. The molecule has 1 amide bonds. The lowest BCUT2D eigenvalue weighted by Crippen LogP contribution is -2.13. The van der Waals surface area contributed by atoms with Crippen LogP contribution in [-0.2, 0) is 9.53 Å². The van der Waals surface area contributed by atoms with Gasteiger partial charge in [-0.3, -0.25) is 5.32 Å². The van der Waals surface area contributed by atoms with Crippen LogP contribution >= 0.6 is 0 Å². The number of amides is 1. The molecule has 40 heavy (non-hydrogen) atoms. The van der Waals surface area contributed by atoms with Crippen molar-refractivity contribution in [2.45, 2.75) is 6.92 Å². The Hall–Kier alpha value is -6.74. The zero-order chi connectivity index (χ0) is 29.4. The van der Waals surface area contributed by atoms with Gasteiger partial charge in [-0.15, -0.1) is 0 Å². The molecule has 0 saturated carbocycles. The van der Waals surface area contributed by atoms with Crippen molar-refractivity contribution in [2.75, 3.05) is 17.7 Å². The van der Waals surface area contributed by atoms with Gasteiger partial charge in [-0.25, -0.2) is 9.59 Å². The molecule has 3 rings (SSSR count). The summed E-state index contributed by atoms with van der Waals surface area (Å²) in [5.74, 6) is 14.8. The maximum atomic E-state index is 11.1. The summed E-state index contributed by atoms with van der Waals surface area (Å²) >= 11 is 0. The van der Waals surface area contributed by atoms with Gasteiger partial charge in [0, 0.05) is 45.8 Å². The fourth-order valence-corrected chi connectivity index (χ4v) is 2.46. The van der Waals surface area contributed by atoms with Gasteiger partial charge in [0.1, 0.15) is 0 Å². The summed E-state index contributed by atoms with van der Waals surface area (Å²) in [6.07, 6.45) is 0.946. The van der Waals surface area contributed by atoms with E-state index in [2.05, 4.69) is 45.8 Å². The third-order valence-corrected chi connectivity index (χ3v) is 4.15. The monoisotopic (exact) mass is 524 g/mol. The average Bonchev–Trinajstić information content (AvgIpc) is 2.97. The summed E-state index contributed by atoms with van der Waals surface area (Å²) in [4.78, 5) is 24.3. The number of nitrogens with zero attached hydrogens (tertiary/aromatic N) is 4. The second kappa shape index (κ2) is 19.4. The van der Waals surface area contributed by atoms with Crippen LogP contribution in [0.25, 0.3) is 0 Å². The number of hydrogen-bond donors (Lipinski definition) is 2. The lowest BCUT2D eigenvalue weighted by Gasteiger charge is -2.04. The maximum Gasteiger partial charge on any atom is 0.411 e. The van der Waals surface area contributed by atoms with E-state index in [4.69, 9.17) is 26.3 Å². The molecule has 192 valence electrons. The minimum absolute atomic E-state index is 0.331. The molecule has 0 aliphatic rings. The molecule has 0 unspecified atom stereocenters. The topological polar surface area (TPSA) is 165 Å². The minimum Gasteiger partial charge on any atom is -0.450 e. The van der Waals surface area contributed by atoms with Crippen LogP contribution in [0.2, 0.25) is 0 Å². The zero-order valence-corrected chi connectivity index (χ0v) is 21.2. The number of carbonyl (C=O) groups is 1. The predicted octanol–water partition coefficient (Wildman–Crippen LogP) is 4.80. The van der Waals surface area contributed by atoms with E-state index in [1.807, 2.05) is 0 Å². The zero-order valence-electron chi connectivity index (χ0n) is 21.2. The summed E-state index contributed by atoms with van der Waals surface area (Å²) in [6.45, 7) is 2.07. The number of anilines is 2. The number of benzene rings is 3. The predicted molar refractivity (Wildman–Crippen MR) is 150 cm³/mol. The lowest BCUT2D eigenvalue weighted by molar-refractivity contribution is 0.168. The van der Waals surface area contributed by atoms with Crippen molar-refractivity contribution in [3.63, 3.8) is 0 Å². The number of nitrogens with one attached hydrogen (secondary N) is 1. The number of nitriles is 3. The molecule has 9 heteroatoms. The van der Waals surface area contributed by atoms with Gasteiger partial charge in [0.25, 0.3) is 0 Å². The summed E-state index contributed by atoms with van der Waals surface area (Å²) in [5.41, 5.74) is 9.53. The molecule has 3 aromatic rings. The fraction of sp³-hybridized carbons (Fsp3) is 0.0645. The second-order valence-electron chi connectivity index (χ2n) is 6.88. The molecule has 3 aromatic carbocycles. The van der Waals surface area contributed by atoms with Crippen LogP contribution in [0.5, 0.6) is 0 Å². The summed E-state index contributed by atoms with van der Waals surface area (Å²) in [7, 11) is 0. The molecule has 0 aliphatic carbocycles. The van der Waals surface area contributed by atoms with Crippen molar-refractivity contribution in [1.29, 1.82) is 15.8 Å². The number of ether oxygens (including phenoxy) is 1. The molecule has 0 fully saturated rings. The van der Waals surface area contributed by atoms with Crippen LogP contribution in [-0.4, -0.2) is 18.8 Å². The first-order chi connectivity index (χ1) is 19.4. The number of hydrogen-bond acceptors (Lipinski definition) is 8. The Labute approximate surface area is 232 Å². The highest BCUT2D eigenvalue weighted by molar-refractivity contribution is 5.84. The van der Waals surface area contributed by atoms with E-state index >= 15 is 0 Å². The molecular weight excluding hydrogens is 504 g/mol. The molecule has 0 heterocycles. The maximum absolute atomic E-state index is 11.1. The average molecular weight is 525 g/mol. The number of nitrogen functional groups attached to an aromatic ring is 1. The van der Waals surface area contributed by atoms with Crippen LogP contribution < -0.4 is 11.1 Å². The van der Waals surface area contributed by atoms with E-state index in [0.717, 1.165) is 11.1 Å². The highest BCUT2D eigenvalue weighted by Gasteiger charge is 2.00. The number of aliphatic imine (C=N–C) groups is 1. The number of nitrogens with two attached hydrogens (primary N) is 1. The van der Waals surface area contributed by atoms with E-state index in [-0.39, 0.29) is 0 Å². The Morgan fingerprint density at radius 1 is 0.775 bits per heavy atom. The van der Waals surface area contributed by atoms with Gasteiger partial charge in [-0.1, -0.05) is 17.8 Å². The molecular formula is C31H20N6O3. The van der Waals surface area contributed by atoms with E-state index in [1.165, 1.54) is 6.08 Å². The van der Waals surface area contributed by atoms with Gasteiger partial charge in [0.15, 0.2) is 18.2 Å². The molecule has 0 bridgehead atoms. The van der Waals surface area contributed by atoms with Crippen molar-refractivity contribution < 1.29 is 14.3 Å². The summed E-state index contributed by atoms with van der Waals surface area (Å²) < 4.78 is 4.72. The highest BCUT2D eigenvalue weighted by Crippen LogP contribution is 2.11. The van der Waals surface area contributed by atoms with Crippen molar-refractivity contribution in [3.8, 4) is 53.7 Å². The van der Waals surface area contributed by atoms with E-state index < -0.39 is 6.09 Å². The lowest BCUT2D eigenvalue weighted by atomic mass is 10.2. The highest BCUT2D eigenvalue weighted by atomic mass is 16.5.